The molecule has 0 heterocycles. The van der Waals surface area contributed by atoms with Crippen molar-refractivity contribution >= 4 is 5.69 Å². The highest BCUT2D eigenvalue weighted by atomic mass is 15.0. The molecule has 0 saturated heterocycles. The van der Waals surface area contributed by atoms with E-state index in [4.69, 9.17) is 0 Å². The molecule has 0 spiro atoms. The molecule has 0 aliphatic carbocycles. The summed E-state index contributed by atoms with van der Waals surface area (Å²) in [4.78, 5) is 0. The first kappa shape index (κ1) is 23.6. The highest BCUT2D eigenvalue weighted by Crippen LogP contribution is 2.39. The van der Waals surface area contributed by atoms with E-state index in [1.807, 2.05) is 18.2 Å². The molecule has 0 unspecified atom stereocenters. The molecule has 2 heteroatoms. The SMILES string of the molecule is CC(C)(C)c1ccc(C(CCC#N)(Nc2ccccc2)c2ccc(C(C)(C)C)cc2)cc1. The maximum absolute atomic E-state index is 9.51. The first-order valence-corrected chi connectivity index (χ1v) is 11.5. The van der Waals surface area contributed by atoms with Gasteiger partial charge in [-0.25, -0.2) is 0 Å². The fourth-order valence-electron chi connectivity index (χ4n) is 4.18. The van der Waals surface area contributed by atoms with E-state index in [2.05, 4.69) is 114 Å². The Hall–Kier alpha value is -3.05. The van der Waals surface area contributed by atoms with Crippen LogP contribution >= 0.6 is 0 Å². The molecule has 2 nitrogen and oxygen atoms in total. The Balaban J connectivity index is 2.18. The fourth-order valence-corrected chi connectivity index (χ4v) is 4.18. The third-order valence-electron chi connectivity index (χ3n) is 6.23. The Labute approximate surface area is 194 Å². The lowest BCUT2D eigenvalue weighted by Crippen LogP contribution is -2.37. The second-order valence-corrected chi connectivity index (χ2v) is 10.7. The molecule has 166 valence electrons. The maximum atomic E-state index is 9.51. The van der Waals surface area contributed by atoms with E-state index in [0.29, 0.717) is 12.8 Å². The van der Waals surface area contributed by atoms with E-state index >= 15 is 0 Å². The van der Waals surface area contributed by atoms with Crippen LogP contribution in [-0.4, -0.2) is 0 Å². The quantitative estimate of drug-likeness (QED) is 0.436. The molecule has 3 aromatic rings. The van der Waals surface area contributed by atoms with E-state index in [0.717, 1.165) is 5.69 Å². The normalized spacial score (nSPS) is 12.3. The van der Waals surface area contributed by atoms with Crippen molar-refractivity contribution in [3.8, 4) is 6.07 Å². The van der Waals surface area contributed by atoms with Gasteiger partial charge in [-0.2, -0.15) is 5.26 Å². The number of nitriles is 1. The molecule has 1 N–H and O–H groups in total. The third-order valence-corrected chi connectivity index (χ3v) is 6.23. The van der Waals surface area contributed by atoms with Crippen molar-refractivity contribution in [2.24, 2.45) is 0 Å². The molecule has 0 saturated carbocycles. The van der Waals surface area contributed by atoms with Gasteiger partial charge in [-0.05, 0) is 51.6 Å². The molecule has 0 radical (unpaired) electrons. The molecule has 0 atom stereocenters. The molecular formula is C30H36N2. The van der Waals surface area contributed by atoms with Gasteiger partial charge in [0.15, 0.2) is 0 Å². The predicted octanol–water partition coefficient (Wildman–Crippen LogP) is 7.94. The number of hydrogen-bond acceptors (Lipinski definition) is 2. The van der Waals surface area contributed by atoms with Crippen molar-refractivity contribution < 1.29 is 0 Å². The van der Waals surface area contributed by atoms with Crippen LogP contribution in [0.3, 0.4) is 0 Å². The standard InChI is InChI=1S/C30H36N2/c1-28(2,3)23-13-17-25(18-14-23)30(21-10-22-31,32-27-11-8-7-9-12-27)26-19-15-24(16-20-26)29(4,5)6/h7-9,11-20,32H,10,21H2,1-6H3. The van der Waals surface area contributed by atoms with Crippen LogP contribution in [0.5, 0.6) is 0 Å². The van der Waals surface area contributed by atoms with Crippen LogP contribution in [0.2, 0.25) is 0 Å². The molecule has 3 rings (SSSR count). The summed E-state index contributed by atoms with van der Waals surface area (Å²) >= 11 is 0. The van der Waals surface area contributed by atoms with Crippen LogP contribution in [-0.2, 0) is 16.4 Å². The molecule has 0 aromatic heterocycles. The monoisotopic (exact) mass is 424 g/mol. The minimum atomic E-state index is -0.496. The molecular weight excluding hydrogens is 388 g/mol. The van der Waals surface area contributed by atoms with E-state index in [9.17, 15) is 5.26 Å². The van der Waals surface area contributed by atoms with Crippen LogP contribution in [0.1, 0.15) is 76.6 Å². The van der Waals surface area contributed by atoms with Crippen molar-refractivity contribution in [2.45, 2.75) is 70.8 Å². The van der Waals surface area contributed by atoms with Gasteiger partial charge in [-0.15, -0.1) is 0 Å². The molecule has 0 amide bonds. The van der Waals surface area contributed by atoms with Crippen molar-refractivity contribution in [3.63, 3.8) is 0 Å². The summed E-state index contributed by atoms with van der Waals surface area (Å²) in [5.41, 5.74) is 5.69. The Bertz CT molecular complexity index is 984. The number of rotatable bonds is 6. The second kappa shape index (κ2) is 9.21. The zero-order valence-electron chi connectivity index (χ0n) is 20.4. The van der Waals surface area contributed by atoms with Crippen molar-refractivity contribution in [3.05, 3.63) is 101 Å². The number of benzene rings is 3. The smallest absolute Gasteiger partial charge is 0.0889 e. The topological polar surface area (TPSA) is 35.8 Å². The number of anilines is 1. The van der Waals surface area contributed by atoms with Crippen LogP contribution in [0, 0.1) is 11.3 Å². The average Bonchev–Trinajstić information content (AvgIpc) is 2.76. The van der Waals surface area contributed by atoms with Gasteiger partial charge in [-0.1, -0.05) is 108 Å². The Morgan fingerprint density at radius 2 is 1.03 bits per heavy atom. The maximum Gasteiger partial charge on any atom is 0.0889 e. The lowest BCUT2D eigenvalue weighted by Gasteiger charge is -2.37. The Kier molecular flexibility index (Phi) is 6.79. The molecule has 3 aromatic carbocycles. The second-order valence-electron chi connectivity index (χ2n) is 10.7. The number of nitrogens with one attached hydrogen (secondary N) is 1. The fraction of sp³-hybridized carbons (Fsp3) is 0.367. The third kappa shape index (κ3) is 5.22. The zero-order valence-corrected chi connectivity index (χ0v) is 20.4. The van der Waals surface area contributed by atoms with Gasteiger partial charge < -0.3 is 5.32 Å². The van der Waals surface area contributed by atoms with Crippen molar-refractivity contribution in [1.29, 1.82) is 5.26 Å². The summed E-state index contributed by atoms with van der Waals surface area (Å²) in [6.45, 7) is 13.4. The van der Waals surface area contributed by atoms with E-state index in [1.165, 1.54) is 22.3 Å². The molecule has 0 aliphatic rings. The first-order chi connectivity index (χ1) is 15.1. The van der Waals surface area contributed by atoms with Gasteiger partial charge in [-0.3, -0.25) is 0 Å². The highest BCUT2D eigenvalue weighted by molar-refractivity contribution is 5.54. The minimum absolute atomic E-state index is 0.0923. The van der Waals surface area contributed by atoms with Crippen LogP contribution in [0.4, 0.5) is 5.69 Å². The Morgan fingerprint density at radius 1 is 0.625 bits per heavy atom. The van der Waals surface area contributed by atoms with E-state index < -0.39 is 5.54 Å². The minimum Gasteiger partial charge on any atom is -0.372 e. The van der Waals surface area contributed by atoms with Gasteiger partial charge in [0.2, 0.25) is 0 Å². The predicted molar refractivity (Wildman–Crippen MR) is 136 cm³/mol. The summed E-state index contributed by atoms with van der Waals surface area (Å²) in [7, 11) is 0. The Morgan fingerprint density at radius 3 is 1.41 bits per heavy atom. The van der Waals surface area contributed by atoms with Gasteiger partial charge in [0.1, 0.15) is 0 Å². The average molecular weight is 425 g/mol. The molecule has 0 aliphatic heterocycles. The summed E-state index contributed by atoms with van der Waals surface area (Å²) in [5, 5.41) is 13.3. The number of hydrogen-bond donors (Lipinski definition) is 1. The van der Waals surface area contributed by atoms with Crippen molar-refractivity contribution in [2.75, 3.05) is 5.32 Å². The van der Waals surface area contributed by atoms with E-state index in [-0.39, 0.29) is 10.8 Å². The van der Waals surface area contributed by atoms with Gasteiger partial charge in [0, 0.05) is 12.1 Å². The highest BCUT2D eigenvalue weighted by Gasteiger charge is 2.34. The first-order valence-electron chi connectivity index (χ1n) is 11.5. The zero-order chi connectivity index (χ0) is 23.4. The lowest BCUT2D eigenvalue weighted by atomic mass is 9.76. The van der Waals surface area contributed by atoms with Gasteiger partial charge >= 0.3 is 0 Å². The lowest BCUT2D eigenvalue weighted by molar-refractivity contribution is 0.539. The summed E-state index contributed by atoms with van der Waals surface area (Å²) in [6, 6.07) is 30.5. The van der Waals surface area contributed by atoms with Crippen molar-refractivity contribution in [1.82, 2.24) is 0 Å². The van der Waals surface area contributed by atoms with E-state index in [1.54, 1.807) is 0 Å². The van der Waals surface area contributed by atoms with Crippen LogP contribution in [0.25, 0.3) is 0 Å². The van der Waals surface area contributed by atoms with Crippen LogP contribution in [0.15, 0.2) is 78.9 Å². The molecule has 32 heavy (non-hydrogen) atoms. The molecule has 0 fully saturated rings. The number of nitrogens with zero attached hydrogens (tertiary/aromatic N) is 1. The van der Waals surface area contributed by atoms with Crippen LogP contribution < -0.4 is 5.32 Å². The molecule has 0 bridgehead atoms. The summed E-state index contributed by atoms with van der Waals surface area (Å²) in [5.74, 6) is 0. The largest absolute Gasteiger partial charge is 0.372 e. The van der Waals surface area contributed by atoms with Gasteiger partial charge in [0.25, 0.3) is 0 Å². The number of para-hydroxylation sites is 1. The summed E-state index contributed by atoms with van der Waals surface area (Å²) in [6.07, 6.45) is 1.14. The summed E-state index contributed by atoms with van der Waals surface area (Å²) < 4.78 is 0. The van der Waals surface area contributed by atoms with Gasteiger partial charge in [0.05, 0.1) is 11.6 Å².